The molecule has 2 unspecified atom stereocenters. The van der Waals surface area contributed by atoms with E-state index >= 15 is 0 Å². The normalized spacial score (nSPS) is 24.0. The molecule has 0 aromatic heterocycles. The van der Waals surface area contributed by atoms with Gasteiger partial charge in [-0.1, -0.05) is 24.4 Å². The molecule has 1 aliphatic carbocycles. The van der Waals surface area contributed by atoms with Crippen LogP contribution >= 0.6 is 11.6 Å². The Morgan fingerprint density at radius 3 is 2.70 bits per heavy atom. The first-order valence-corrected chi connectivity index (χ1v) is 7.61. The molecule has 0 spiro atoms. The Hall–Kier alpha value is -2.15. The quantitative estimate of drug-likeness (QED) is 0.646. The second-order valence-corrected chi connectivity index (χ2v) is 6.34. The fraction of sp³-hybridized carbons (Fsp3) is 0.467. The summed E-state index contributed by atoms with van der Waals surface area (Å²) in [6.07, 6.45) is 2.69. The molecule has 0 heterocycles. The van der Waals surface area contributed by atoms with E-state index < -0.39 is 28.3 Å². The van der Waals surface area contributed by atoms with Crippen molar-refractivity contribution in [3.63, 3.8) is 0 Å². The van der Waals surface area contributed by atoms with Crippen LogP contribution in [-0.4, -0.2) is 27.4 Å². The van der Waals surface area contributed by atoms with Gasteiger partial charge in [0.1, 0.15) is 0 Å². The lowest BCUT2D eigenvalue weighted by Crippen LogP contribution is -2.55. The maximum Gasteiger partial charge on any atom is 0.308 e. The maximum absolute atomic E-state index is 12.4. The van der Waals surface area contributed by atoms with Gasteiger partial charge in [-0.15, -0.1) is 0 Å². The van der Waals surface area contributed by atoms with Crippen molar-refractivity contribution >= 4 is 29.2 Å². The Balaban J connectivity index is 2.23. The molecule has 124 valence electrons. The summed E-state index contributed by atoms with van der Waals surface area (Å²) in [5, 5.41) is 22.8. The summed E-state index contributed by atoms with van der Waals surface area (Å²) in [5.74, 6) is -2.14. The van der Waals surface area contributed by atoms with E-state index in [0.29, 0.717) is 12.8 Å². The topological polar surface area (TPSA) is 110 Å². The smallest absolute Gasteiger partial charge is 0.308 e. The highest BCUT2D eigenvalue weighted by Crippen LogP contribution is 2.34. The van der Waals surface area contributed by atoms with E-state index in [-0.39, 0.29) is 16.3 Å². The monoisotopic (exact) mass is 340 g/mol. The summed E-state index contributed by atoms with van der Waals surface area (Å²) in [4.78, 5) is 34.0. The zero-order valence-electron chi connectivity index (χ0n) is 12.5. The molecule has 1 aliphatic rings. The Bertz CT molecular complexity index is 663. The molecule has 1 amide bonds. The molecule has 7 nitrogen and oxygen atoms in total. The third-order valence-corrected chi connectivity index (χ3v) is 4.63. The zero-order chi connectivity index (χ0) is 17.2. The molecular weight excluding hydrogens is 324 g/mol. The average molecular weight is 341 g/mol. The number of carboxylic acids is 1. The molecule has 2 rings (SSSR count). The molecule has 0 aliphatic heterocycles. The van der Waals surface area contributed by atoms with E-state index in [1.54, 1.807) is 6.92 Å². The van der Waals surface area contributed by atoms with Crippen molar-refractivity contribution in [1.29, 1.82) is 0 Å². The number of non-ortho nitro benzene ring substituents is 1. The number of aliphatic carboxylic acids is 1. The van der Waals surface area contributed by atoms with E-state index in [4.69, 9.17) is 11.6 Å². The summed E-state index contributed by atoms with van der Waals surface area (Å²) >= 11 is 5.95. The van der Waals surface area contributed by atoms with Crippen molar-refractivity contribution in [2.24, 2.45) is 5.92 Å². The van der Waals surface area contributed by atoms with Crippen LogP contribution in [0, 0.1) is 16.0 Å². The number of carboxylic acid groups (broad SMARTS) is 1. The summed E-state index contributed by atoms with van der Waals surface area (Å²) in [6, 6.07) is 3.57. The Morgan fingerprint density at radius 1 is 1.43 bits per heavy atom. The molecule has 0 bridgehead atoms. The van der Waals surface area contributed by atoms with Gasteiger partial charge in [0.05, 0.1) is 27.0 Å². The predicted molar refractivity (Wildman–Crippen MR) is 83.6 cm³/mol. The SMILES string of the molecule is CC1(NC(=O)c2ccc([N+](=O)[O-])cc2Cl)CCCCC1C(=O)O. The van der Waals surface area contributed by atoms with Crippen molar-refractivity contribution in [2.75, 3.05) is 0 Å². The number of carbonyl (C=O) groups excluding carboxylic acids is 1. The van der Waals surface area contributed by atoms with Crippen LogP contribution in [0.25, 0.3) is 0 Å². The Kier molecular flexibility index (Phi) is 4.89. The molecule has 2 N–H and O–H groups in total. The van der Waals surface area contributed by atoms with Crippen molar-refractivity contribution in [2.45, 2.75) is 38.1 Å². The van der Waals surface area contributed by atoms with Crippen LogP contribution < -0.4 is 5.32 Å². The molecule has 23 heavy (non-hydrogen) atoms. The highest BCUT2D eigenvalue weighted by molar-refractivity contribution is 6.34. The number of benzene rings is 1. The molecule has 0 saturated heterocycles. The van der Waals surface area contributed by atoms with Crippen molar-refractivity contribution < 1.29 is 19.6 Å². The van der Waals surface area contributed by atoms with Gasteiger partial charge >= 0.3 is 5.97 Å². The van der Waals surface area contributed by atoms with E-state index in [0.717, 1.165) is 18.9 Å². The van der Waals surface area contributed by atoms with Crippen LogP contribution in [0.4, 0.5) is 5.69 Å². The highest BCUT2D eigenvalue weighted by atomic mass is 35.5. The van der Waals surface area contributed by atoms with Crippen LogP contribution in [0.2, 0.25) is 5.02 Å². The van der Waals surface area contributed by atoms with Gasteiger partial charge in [-0.3, -0.25) is 19.7 Å². The van der Waals surface area contributed by atoms with Gasteiger partial charge in [-0.05, 0) is 25.8 Å². The number of nitrogens with zero attached hydrogens (tertiary/aromatic N) is 1. The van der Waals surface area contributed by atoms with E-state index in [9.17, 15) is 24.8 Å². The molecule has 1 aromatic carbocycles. The molecule has 0 radical (unpaired) electrons. The van der Waals surface area contributed by atoms with E-state index in [1.165, 1.54) is 12.1 Å². The fourth-order valence-corrected chi connectivity index (χ4v) is 3.27. The standard InChI is InChI=1S/C15H17ClN2O5/c1-15(7-3-2-4-11(15)14(20)21)17-13(19)10-6-5-9(18(22)23)8-12(10)16/h5-6,8,11H,2-4,7H2,1H3,(H,17,19)(H,20,21). The molecule has 2 atom stereocenters. The number of nitrogens with one attached hydrogen (secondary N) is 1. The molecule has 1 aromatic rings. The number of rotatable bonds is 4. The summed E-state index contributed by atoms with van der Waals surface area (Å²) in [7, 11) is 0. The lowest BCUT2D eigenvalue weighted by molar-refractivity contribution is -0.384. The third-order valence-electron chi connectivity index (χ3n) is 4.31. The van der Waals surface area contributed by atoms with Gasteiger partial charge in [0.2, 0.25) is 0 Å². The Labute approximate surface area is 137 Å². The van der Waals surface area contributed by atoms with Crippen molar-refractivity contribution in [1.82, 2.24) is 5.32 Å². The Morgan fingerprint density at radius 2 is 2.13 bits per heavy atom. The predicted octanol–water partition coefficient (Wildman–Crippen LogP) is 3.01. The second-order valence-electron chi connectivity index (χ2n) is 5.93. The average Bonchev–Trinajstić information content (AvgIpc) is 2.46. The first-order chi connectivity index (χ1) is 10.7. The molecule has 8 heteroatoms. The third kappa shape index (κ3) is 3.61. The number of hydrogen-bond donors (Lipinski definition) is 2. The number of carbonyl (C=O) groups is 2. The van der Waals surface area contributed by atoms with Crippen LogP contribution in [-0.2, 0) is 4.79 Å². The summed E-state index contributed by atoms with van der Waals surface area (Å²) in [5.41, 5.74) is -0.987. The minimum absolute atomic E-state index is 0.0389. The van der Waals surface area contributed by atoms with Gasteiger partial charge in [0.15, 0.2) is 0 Å². The van der Waals surface area contributed by atoms with Gasteiger partial charge in [-0.25, -0.2) is 0 Å². The van der Waals surface area contributed by atoms with Gasteiger partial charge in [-0.2, -0.15) is 0 Å². The zero-order valence-corrected chi connectivity index (χ0v) is 13.3. The second kappa shape index (κ2) is 6.54. The van der Waals surface area contributed by atoms with E-state index in [2.05, 4.69) is 5.32 Å². The van der Waals surface area contributed by atoms with Crippen LogP contribution in [0.3, 0.4) is 0 Å². The summed E-state index contributed by atoms with van der Waals surface area (Å²) in [6.45, 7) is 1.71. The minimum Gasteiger partial charge on any atom is -0.481 e. The molecular formula is C15H17ClN2O5. The van der Waals surface area contributed by atoms with Gasteiger partial charge < -0.3 is 10.4 Å². The van der Waals surface area contributed by atoms with Crippen LogP contribution in [0.15, 0.2) is 18.2 Å². The lowest BCUT2D eigenvalue weighted by atomic mass is 9.73. The number of amides is 1. The first kappa shape index (κ1) is 17.2. The minimum atomic E-state index is -0.942. The number of nitro groups is 1. The molecule has 1 saturated carbocycles. The van der Waals surface area contributed by atoms with Crippen molar-refractivity contribution in [3.05, 3.63) is 38.9 Å². The van der Waals surface area contributed by atoms with Crippen LogP contribution in [0.1, 0.15) is 43.0 Å². The fourth-order valence-electron chi connectivity index (χ4n) is 3.01. The number of halogens is 1. The first-order valence-electron chi connectivity index (χ1n) is 7.24. The lowest BCUT2D eigenvalue weighted by Gasteiger charge is -2.39. The van der Waals surface area contributed by atoms with Gasteiger partial charge in [0, 0.05) is 12.1 Å². The largest absolute Gasteiger partial charge is 0.481 e. The number of nitro benzene ring substituents is 1. The summed E-state index contributed by atoms with van der Waals surface area (Å²) < 4.78 is 0. The van der Waals surface area contributed by atoms with Gasteiger partial charge in [0.25, 0.3) is 11.6 Å². The maximum atomic E-state index is 12.4. The highest BCUT2D eigenvalue weighted by Gasteiger charge is 2.42. The van der Waals surface area contributed by atoms with E-state index in [1.807, 2.05) is 0 Å². The van der Waals surface area contributed by atoms with Crippen LogP contribution in [0.5, 0.6) is 0 Å². The number of hydrogen-bond acceptors (Lipinski definition) is 4. The van der Waals surface area contributed by atoms with Crippen molar-refractivity contribution in [3.8, 4) is 0 Å². The molecule has 1 fully saturated rings.